The molecule has 0 aromatic heterocycles. The molecule has 3 rings (SSSR count). The summed E-state index contributed by atoms with van der Waals surface area (Å²) in [7, 11) is 1.63. The normalized spacial score (nSPS) is 12.3. The van der Waals surface area contributed by atoms with Gasteiger partial charge in [-0.15, -0.1) is 0 Å². The second kappa shape index (κ2) is 7.03. The molecule has 0 fully saturated rings. The van der Waals surface area contributed by atoms with Gasteiger partial charge in [0.05, 0.1) is 12.1 Å². The largest absolute Gasteiger partial charge is 0.495 e. The maximum absolute atomic E-state index is 6.19. The van der Waals surface area contributed by atoms with Crippen molar-refractivity contribution >= 4 is 22.4 Å². The van der Waals surface area contributed by atoms with E-state index < -0.39 is 0 Å². The third kappa shape index (κ3) is 3.49. The van der Waals surface area contributed by atoms with Crippen molar-refractivity contribution in [2.24, 2.45) is 0 Å². The van der Waals surface area contributed by atoms with E-state index in [4.69, 9.17) is 16.3 Å². The fourth-order valence-electron chi connectivity index (χ4n) is 2.83. The molecule has 0 heterocycles. The summed E-state index contributed by atoms with van der Waals surface area (Å²) < 4.78 is 5.19. The van der Waals surface area contributed by atoms with Gasteiger partial charge in [-0.05, 0) is 41.0 Å². The van der Waals surface area contributed by atoms with Gasteiger partial charge in [0.15, 0.2) is 0 Å². The molecule has 3 aromatic carbocycles. The summed E-state index contributed by atoms with van der Waals surface area (Å²) >= 11 is 6.19. The Kier molecular flexibility index (Phi) is 4.85. The Morgan fingerprint density at radius 1 is 1.04 bits per heavy atom. The molecule has 0 aliphatic carbocycles. The summed E-state index contributed by atoms with van der Waals surface area (Å²) in [6.45, 7) is 2.95. The molecule has 2 nitrogen and oxygen atoms in total. The van der Waals surface area contributed by atoms with Crippen LogP contribution in [-0.2, 0) is 6.54 Å². The Balaban J connectivity index is 1.76. The molecule has 3 aromatic rings. The summed E-state index contributed by atoms with van der Waals surface area (Å²) in [6, 6.07) is 21.1. The highest BCUT2D eigenvalue weighted by atomic mass is 35.5. The summed E-state index contributed by atoms with van der Waals surface area (Å²) in [5.41, 5.74) is 2.45. The Morgan fingerprint density at radius 3 is 2.61 bits per heavy atom. The number of hydrogen-bond acceptors (Lipinski definition) is 2. The highest BCUT2D eigenvalue weighted by molar-refractivity contribution is 6.32. The zero-order valence-electron chi connectivity index (χ0n) is 13.3. The summed E-state index contributed by atoms with van der Waals surface area (Å²) in [6.07, 6.45) is 0. The van der Waals surface area contributed by atoms with Gasteiger partial charge in [-0.2, -0.15) is 0 Å². The number of benzene rings is 3. The number of halogens is 1. The molecule has 0 saturated heterocycles. The fraction of sp³-hybridized carbons (Fsp3) is 0.200. The van der Waals surface area contributed by atoms with Crippen molar-refractivity contribution in [3.63, 3.8) is 0 Å². The molecule has 0 aliphatic rings. The van der Waals surface area contributed by atoms with Crippen molar-refractivity contribution in [3.8, 4) is 5.75 Å². The van der Waals surface area contributed by atoms with E-state index >= 15 is 0 Å². The van der Waals surface area contributed by atoms with Crippen LogP contribution in [0, 0.1) is 0 Å². The van der Waals surface area contributed by atoms with Crippen LogP contribution in [0.15, 0.2) is 60.7 Å². The number of nitrogens with one attached hydrogen (secondary N) is 1. The first-order valence-corrected chi connectivity index (χ1v) is 8.10. The van der Waals surface area contributed by atoms with Gasteiger partial charge in [0.1, 0.15) is 5.75 Å². The molecule has 1 N–H and O–H groups in total. The lowest BCUT2D eigenvalue weighted by Gasteiger charge is -2.17. The van der Waals surface area contributed by atoms with Gasteiger partial charge in [-0.25, -0.2) is 0 Å². The van der Waals surface area contributed by atoms with E-state index in [1.165, 1.54) is 16.3 Å². The maximum atomic E-state index is 6.19. The van der Waals surface area contributed by atoms with E-state index in [-0.39, 0.29) is 6.04 Å². The quantitative estimate of drug-likeness (QED) is 0.682. The zero-order chi connectivity index (χ0) is 16.2. The van der Waals surface area contributed by atoms with Crippen LogP contribution in [0.25, 0.3) is 10.8 Å². The predicted molar refractivity (Wildman–Crippen MR) is 97.2 cm³/mol. The van der Waals surface area contributed by atoms with Crippen molar-refractivity contribution in [3.05, 3.63) is 76.8 Å². The first-order valence-electron chi connectivity index (χ1n) is 7.72. The molecule has 0 unspecified atom stereocenters. The van der Waals surface area contributed by atoms with E-state index in [2.05, 4.69) is 54.7 Å². The van der Waals surface area contributed by atoms with Gasteiger partial charge in [0.25, 0.3) is 0 Å². The van der Waals surface area contributed by atoms with Crippen LogP contribution >= 0.6 is 11.6 Å². The molecule has 1 atom stereocenters. The average Bonchev–Trinajstić information content (AvgIpc) is 2.59. The van der Waals surface area contributed by atoms with Gasteiger partial charge in [-0.1, -0.05) is 60.1 Å². The lowest BCUT2D eigenvalue weighted by Crippen LogP contribution is -2.18. The molecule has 0 saturated carbocycles. The van der Waals surface area contributed by atoms with E-state index in [0.29, 0.717) is 10.8 Å². The maximum Gasteiger partial charge on any atom is 0.137 e. The lowest BCUT2D eigenvalue weighted by atomic mass is 9.99. The number of hydrogen-bond donors (Lipinski definition) is 1. The van der Waals surface area contributed by atoms with Gasteiger partial charge in [0.2, 0.25) is 0 Å². The van der Waals surface area contributed by atoms with E-state index in [9.17, 15) is 0 Å². The van der Waals surface area contributed by atoms with Crippen molar-refractivity contribution in [2.75, 3.05) is 7.11 Å². The second-order valence-electron chi connectivity index (χ2n) is 5.64. The number of methoxy groups -OCH3 is 1. The smallest absolute Gasteiger partial charge is 0.137 e. The Hall–Kier alpha value is -2.03. The summed E-state index contributed by atoms with van der Waals surface area (Å²) in [5, 5.41) is 6.78. The SMILES string of the molecule is COc1ccc(CN[C@H](C)c2cccc3ccccc23)cc1Cl. The van der Waals surface area contributed by atoms with Gasteiger partial charge in [0, 0.05) is 12.6 Å². The minimum absolute atomic E-state index is 0.252. The van der Waals surface area contributed by atoms with E-state index in [1.54, 1.807) is 7.11 Å². The minimum atomic E-state index is 0.252. The zero-order valence-corrected chi connectivity index (χ0v) is 14.1. The first-order chi connectivity index (χ1) is 11.2. The molecule has 3 heteroatoms. The van der Waals surface area contributed by atoms with Gasteiger partial charge < -0.3 is 10.1 Å². The van der Waals surface area contributed by atoms with Gasteiger partial charge in [-0.3, -0.25) is 0 Å². The first kappa shape index (κ1) is 15.9. The van der Waals surface area contributed by atoms with Crippen molar-refractivity contribution in [1.82, 2.24) is 5.32 Å². The summed E-state index contributed by atoms with van der Waals surface area (Å²) in [5.74, 6) is 0.706. The van der Waals surface area contributed by atoms with Gasteiger partial charge >= 0.3 is 0 Å². The highest BCUT2D eigenvalue weighted by Crippen LogP contribution is 2.26. The predicted octanol–water partition coefficient (Wildman–Crippen LogP) is 5.35. The molecule has 23 heavy (non-hydrogen) atoms. The Bertz CT molecular complexity index is 810. The minimum Gasteiger partial charge on any atom is -0.495 e. The van der Waals surface area contributed by atoms with E-state index in [1.807, 2.05) is 18.2 Å². The van der Waals surface area contributed by atoms with Crippen LogP contribution in [0.3, 0.4) is 0 Å². The Labute approximate surface area is 142 Å². The fourth-order valence-corrected chi connectivity index (χ4v) is 3.11. The molecular formula is C20H20ClNO. The monoisotopic (exact) mass is 325 g/mol. The third-order valence-electron chi connectivity index (χ3n) is 4.12. The van der Waals surface area contributed by atoms with Crippen LogP contribution < -0.4 is 10.1 Å². The number of ether oxygens (including phenoxy) is 1. The molecule has 0 amide bonds. The molecule has 0 radical (unpaired) electrons. The third-order valence-corrected chi connectivity index (χ3v) is 4.41. The van der Waals surface area contributed by atoms with Crippen LogP contribution in [0.2, 0.25) is 5.02 Å². The highest BCUT2D eigenvalue weighted by Gasteiger charge is 2.09. The standard InChI is InChI=1S/C20H20ClNO/c1-14(17-9-5-7-16-6-3-4-8-18(16)17)22-13-15-10-11-20(23-2)19(21)12-15/h3-12,14,22H,13H2,1-2H3/t14-/m1/s1. The van der Waals surface area contributed by atoms with Crippen LogP contribution in [0.4, 0.5) is 0 Å². The molecule has 0 spiro atoms. The van der Waals surface area contributed by atoms with Crippen molar-refractivity contribution < 1.29 is 4.74 Å². The topological polar surface area (TPSA) is 21.3 Å². The summed E-state index contributed by atoms with van der Waals surface area (Å²) in [4.78, 5) is 0. The molecule has 118 valence electrons. The average molecular weight is 326 g/mol. The van der Waals surface area contributed by atoms with Crippen LogP contribution in [-0.4, -0.2) is 7.11 Å². The van der Waals surface area contributed by atoms with Crippen molar-refractivity contribution in [1.29, 1.82) is 0 Å². The number of fused-ring (bicyclic) bond motifs is 1. The lowest BCUT2D eigenvalue weighted by molar-refractivity contribution is 0.414. The molecular weight excluding hydrogens is 306 g/mol. The van der Waals surface area contributed by atoms with E-state index in [0.717, 1.165) is 12.1 Å². The molecule has 0 bridgehead atoms. The van der Waals surface area contributed by atoms with Crippen molar-refractivity contribution in [2.45, 2.75) is 19.5 Å². The van der Waals surface area contributed by atoms with Crippen LogP contribution in [0.5, 0.6) is 5.75 Å². The van der Waals surface area contributed by atoms with Crippen LogP contribution in [0.1, 0.15) is 24.1 Å². The molecule has 0 aliphatic heterocycles. The Morgan fingerprint density at radius 2 is 1.83 bits per heavy atom. The number of rotatable bonds is 5. The second-order valence-corrected chi connectivity index (χ2v) is 6.05.